The summed E-state index contributed by atoms with van der Waals surface area (Å²) in [5.74, 6) is 1.74. The van der Waals surface area contributed by atoms with Gasteiger partial charge in [0.2, 0.25) is 11.1 Å². The molecule has 3 rings (SSSR count). The summed E-state index contributed by atoms with van der Waals surface area (Å²) in [5, 5.41) is 15.4. The summed E-state index contributed by atoms with van der Waals surface area (Å²) in [6.45, 7) is 0.781. The molecule has 2 aromatic rings. The summed E-state index contributed by atoms with van der Waals surface area (Å²) in [7, 11) is 1.62. The standard InChI is InChI=1S/C17H23N5O2S/c1-24-15-9-7-14(8-10-15)22-17(19-20-21-22)25-12-16(23)18-11-13-5-3-2-4-6-13/h7-10,13H,2-6,11-12H2,1H3,(H,18,23). The van der Waals surface area contributed by atoms with Crippen molar-refractivity contribution in [2.24, 2.45) is 5.92 Å². The fourth-order valence-corrected chi connectivity index (χ4v) is 3.71. The topological polar surface area (TPSA) is 81.9 Å². The maximum atomic E-state index is 12.1. The van der Waals surface area contributed by atoms with Gasteiger partial charge in [0.25, 0.3) is 0 Å². The fraction of sp³-hybridized carbons (Fsp3) is 0.529. The summed E-state index contributed by atoms with van der Waals surface area (Å²) in [6.07, 6.45) is 6.35. The first-order valence-corrected chi connectivity index (χ1v) is 9.57. The van der Waals surface area contributed by atoms with Crippen molar-refractivity contribution in [1.29, 1.82) is 0 Å². The van der Waals surface area contributed by atoms with Crippen LogP contribution in [0.2, 0.25) is 0 Å². The van der Waals surface area contributed by atoms with E-state index in [1.165, 1.54) is 43.9 Å². The van der Waals surface area contributed by atoms with Gasteiger partial charge in [0.05, 0.1) is 18.6 Å². The van der Waals surface area contributed by atoms with Crippen molar-refractivity contribution < 1.29 is 9.53 Å². The molecule has 1 fully saturated rings. The third-order valence-electron chi connectivity index (χ3n) is 4.40. The molecule has 1 aliphatic carbocycles. The number of ether oxygens (including phenoxy) is 1. The second-order valence-corrected chi connectivity index (χ2v) is 7.11. The van der Waals surface area contributed by atoms with Gasteiger partial charge in [-0.25, -0.2) is 0 Å². The average molecular weight is 361 g/mol. The van der Waals surface area contributed by atoms with Crippen molar-refractivity contribution in [1.82, 2.24) is 25.5 Å². The Labute approximate surface area is 151 Å². The van der Waals surface area contributed by atoms with Crippen LogP contribution in [0, 0.1) is 5.92 Å². The molecular formula is C17H23N5O2S. The van der Waals surface area contributed by atoms with Crippen LogP contribution < -0.4 is 10.1 Å². The van der Waals surface area contributed by atoms with Gasteiger partial charge in [-0.3, -0.25) is 4.79 Å². The van der Waals surface area contributed by atoms with Gasteiger partial charge in [-0.05, 0) is 53.5 Å². The Hall–Kier alpha value is -2.09. The first-order chi connectivity index (χ1) is 12.3. The van der Waals surface area contributed by atoms with Crippen molar-refractivity contribution in [3.63, 3.8) is 0 Å². The lowest BCUT2D eigenvalue weighted by Gasteiger charge is -2.21. The minimum atomic E-state index is 0.0276. The summed E-state index contributed by atoms with van der Waals surface area (Å²) in [5.41, 5.74) is 0.830. The number of thioether (sulfide) groups is 1. The van der Waals surface area contributed by atoms with Gasteiger partial charge in [0, 0.05) is 6.54 Å². The number of carbonyl (C=O) groups is 1. The lowest BCUT2D eigenvalue weighted by Crippen LogP contribution is -2.31. The molecule has 0 atom stereocenters. The molecule has 0 aliphatic heterocycles. The number of nitrogens with one attached hydrogen (secondary N) is 1. The van der Waals surface area contributed by atoms with Crippen LogP contribution >= 0.6 is 11.8 Å². The largest absolute Gasteiger partial charge is 0.497 e. The molecule has 0 spiro atoms. The highest BCUT2D eigenvalue weighted by Gasteiger charge is 2.15. The van der Waals surface area contributed by atoms with Crippen LogP contribution in [0.5, 0.6) is 5.75 Å². The molecule has 0 bridgehead atoms. The zero-order valence-electron chi connectivity index (χ0n) is 14.4. The number of nitrogens with zero attached hydrogens (tertiary/aromatic N) is 4. The Bertz CT molecular complexity index is 683. The molecule has 0 unspecified atom stereocenters. The molecule has 1 heterocycles. The molecule has 25 heavy (non-hydrogen) atoms. The monoisotopic (exact) mass is 361 g/mol. The lowest BCUT2D eigenvalue weighted by atomic mass is 9.89. The highest BCUT2D eigenvalue weighted by atomic mass is 32.2. The average Bonchev–Trinajstić information content (AvgIpc) is 3.14. The van der Waals surface area contributed by atoms with Gasteiger partial charge < -0.3 is 10.1 Å². The summed E-state index contributed by atoms with van der Waals surface area (Å²) in [4.78, 5) is 12.1. The fourth-order valence-electron chi connectivity index (χ4n) is 2.98. The van der Waals surface area contributed by atoms with Crippen LogP contribution in [0.15, 0.2) is 29.4 Å². The van der Waals surface area contributed by atoms with Crippen molar-refractivity contribution in [3.8, 4) is 11.4 Å². The van der Waals surface area contributed by atoms with E-state index in [-0.39, 0.29) is 5.91 Å². The van der Waals surface area contributed by atoms with Crippen LogP contribution in [0.1, 0.15) is 32.1 Å². The van der Waals surface area contributed by atoms with E-state index in [4.69, 9.17) is 4.74 Å². The molecule has 1 saturated carbocycles. The molecule has 0 saturated heterocycles. The predicted molar refractivity (Wildman–Crippen MR) is 96.0 cm³/mol. The Balaban J connectivity index is 1.51. The van der Waals surface area contributed by atoms with Crippen LogP contribution in [0.3, 0.4) is 0 Å². The molecule has 1 amide bonds. The smallest absolute Gasteiger partial charge is 0.230 e. The number of tetrazole rings is 1. The molecule has 1 aliphatic rings. The van der Waals surface area contributed by atoms with Gasteiger partial charge >= 0.3 is 0 Å². The molecule has 1 aromatic carbocycles. The summed E-state index contributed by atoms with van der Waals surface area (Å²) < 4.78 is 6.78. The quantitative estimate of drug-likeness (QED) is 0.763. The van der Waals surface area contributed by atoms with E-state index >= 15 is 0 Å². The molecule has 7 nitrogen and oxygen atoms in total. The minimum Gasteiger partial charge on any atom is -0.497 e. The number of rotatable bonds is 7. The number of benzene rings is 1. The van der Waals surface area contributed by atoms with Gasteiger partial charge in [-0.1, -0.05) is 31.0 Å². The lowest BCUT2D eigenvalue weighted by molar-refractivity contribution is -0.118. The van der Waals surface area contributed by atoms with E-state index in [1.54, 1.807) is 11.8 Å². The molecular weight excluding hydrogens is 338 g/mol. The SMILES string of the molecule is COc1ccc(-n2nnnc2SCC(=O)NCC2CCCCC2)cc1. The molecule has 1 aromatic heterocycles. The van der Waals surface area contributed by atoms with Crippen molar-refractivity contribution in [2.45, 2.75) is 37.3 Å². The third-order valence-corrected chi connectivity index (χ3v) is 5.32. The van der Waals surface area contributed by atoms with E-state index in [0.29, 0.717) is 16.8 Å². The van der Waals surface area contributed by atoms with Crippen molar-refractivity contribution >= 4 is 17.7 Å². The zero-order chi connectivity index (χ0) is 17.5. The predicted octanol–water partition coefficient (Wildman–Crippen LogP) is 2.46. The van der Waals surface area contributed by atoms with Gasteiger partial charge in [-0.15, -0.1) is 5.10 Å². The van der Waals surface area contributed by atoms with E-state index in [2.05, 4.69) is 20.8 Å². The van der Waals surface area contributed by atoms with Crippen LogP contribution in [-0.4, -0.2) is 45.5 Å². The Morgan fingerprint density at radius 3 is 2.76 bits per heavy atom. The Morgan fingerprint density at radius 2 is 2.04 bits per heavy atom. The molecule has 8 heteroatoms. The Kier molecular flexibility index (Phi) is 6.27. The van der Waals surface area contributed by atoms with E-state index in [1.807, 2.05) is 24.3 Å². The molecule has 0 radical (unpaired) electrons. The Morgan fingerprint density at radius 1 is 1.28 bits per heavy atom. The third kappa shape index (κ3) is 4.94. The number of aromatic nitrogens is 4. The first-order valence-electron chi connectivity index (χ1n) is 8.58. The number of methoxy groups -OCH3 is 1. The van der Waals surface area contributed by atoms with E-state index < -0.39 is 0 Å². The van der Waals surface area contributed by atoms with E-state index in [9.17, 15) is 4.79 Å². The van der Waals surface area contributed by atoms with Crippen LogP contribution in [-0.2, 0) is 4.79 Å². The molecule has 1 N–H and O–H groups in total. The number of hydrogen-bond acceptors (Lipinski definition) is 6. The van der Waals surface area contributed by atoms with Gasteiger partial charge in [0.15, 0.2) is 0 Å². The number of carbonyl (C=O) groups excluding carboxylic acids is 1. The highest BCUT2D eigenvalue weighted by molar-refractivity contribution is 7.99. The minimum absolute atomic E-state index is 0.0276. The van der Waals surface area contributed by atoms with Gasteiger partial charge in [0.1, 0.15) is 5.75 Å². The van der Waals surface area contributed by atoms with Gasteiger partial charge in [-0.2, -0.15) is 4.68 Å². The second kappa shape index (κ2) is 8.84. The van der Waals surface area contributed by atoms with Crippen LogP contribution in [0.25, 0.3) is 5.69 Å². The number of amides is 1. The summed E-state index contributed by atoms with van der Waals surface area (Å²) in [6, 6.07) is 7.45. The van der Waals surface area contributed by atoms with E-state index in [0.717, 1.165) is 18.0 Å². The maximum Gasteiger partial charge on any atom is 0.230 e. The molecule has 134 valence electrons. The maximum absolute atomic E-state index is 12.1. The summed E-state index contributed by atoms with van der Waals surface area (Å²) >= 11 is 1.34. The van der Waals surface area contributed by atoms with Crippen molar-refractivity contribution in [2.75, 3.05) is 19.4 Å². The normalized spacial score (nSPS) is 15.1. The van der Waals surface area contributed by atoms with Crippen LogP contribution in [0.4, 0.5) is 0 Å². The zero-order valence-corrected chi connectivity index (χ0v) is 15.2. The second-order valence-electron chi connectivity index (χ2n) is 6.17. The number of hydrogen-bond donors (Lipinski definition) is 1. The highest BCUT2D eigenvalue weighted by Crippen LogP contribution is 2.23. The first kappa shape index (κ1) is 17.7. The van der Waals surface area contributed by atoms with Crippen molar-refractivity contribution in [3.05, 3.63) is 24.3 Å².